The molecular formula is C23H23FN2O. The van der Waals surface area contributed by atoms with Gasteiger partial charge in [0, 0.05) is 16.3 Å². The van der Waals surface area contributed by atoms with Crippen molar-refractivity contribution in [2.75, 3.05) is 13.7 Å². The van der Waals surface area contributed by atoms with Gasteiger partial charge in [0.25, 0.3) is 0 Å². The van der Waals surface area contributed by atoms with E-state index in [2.05, 4.69) is 29.2 Å². The number of benzene rings is 3. The van der Waals surface area contributed by atoms with Gasteiger partial charge >= 0.3 is 0 Å². The van der Waals surface area contributed by atoms with E-state index in [9.17, 15) is 4.39 Å². The van der Waals surface area contributed by atoms with E-state index in [-0.39, 0.29) is 5.82 Å². The summed E-state index contributed by atoms with van der Waals surface area (Å²) >= 11 is 0. The standard InChI is InChI=1S/C23H23FN2O/c1-27-23-16-8-3-2-7-15(16)12-13-19(23)21-17(9-4-5-14-25)18-10-6-11-20(24)22(18)26-21/h2-3,6-8,10-13,26H,4-5,9,14,25H2,1H3. The van der Waals surface area contributed by atoms with Crippen LogP contribution in [0.4, 0.5) is 4.39 Å². The Kier molecular flexibility index (Phi) is 4.82. The Morgan fingerprint density at radius 3 is 2.59 bits per heavy atom. The van der Waals surface area contributed by atoms with Gasteiger partial charge in [-0.25, -0.2) is 4.39 Å². The maximum absolute atomic E-state index is 14.4. The molecule has 0 radical (unpaired) electrons. The van der Waals surface area contributed by atoms with Crippen molar-refractivity contribution >= 4 is 21.7 Å². The molecule has 3 aromatic carbocycles. The minimum absolute atomic E-state index is 0.237. The second-order valence-electron chi connectivity index (χ2n) is 6.75. The molecule has 0 aliphatic heterocycles. The number of nitrogens with two attached hydrogens (primary N) is 1. The number of hydrogen-bond acceptors (Lipinski definition) is 2. The van der Waals surface area contributed by atoms with Crippen molar-refractivity contribution < 1.29 is 9.13 Å². The largest absolute Gasteiger partial charge is 0.495 e. The van der Waals surface area contributed by atoms with Gasteiger partial charge in [-0.3, -0.25) is 0 Å². The van der Waals surface area contributed by atoms with Crippen LogP contribution in [0, 0.1) is 5.82 Å². The predicted molar refractivity (Wildman–Crippen MR) is 110 cm³/mol. The van der Waals surface area contributed by atoms with Crippen LogP contribution in [0.5, 0.6) is 5.75 Å². The van der Waals surface area contributed by atoms with E-state index < -0.39 is 0 Å². The fourth-order valence-corrected chi connectivity index (χ4v) is 3.83. The van der Waals surface area contributed by atoms with E-state index in [1.165, 1.54) is 6.07 Å². The summed E-state index contributed by atoms with van der Waals surface area (Å²) in [4.78, 5) is 3.33. The van der Waals surface area contributed by atoms with E-state index in [1.54, 1.807) is 13.2 Å². The van der Waals surface area contributed by atoms with Crippen LogP contribution < -0.4 is 10.5 Å². The Balaban J connectivity index is 1.96. The summed E-state index contributed by atoms with van der Waals surface area (Å²) < 4.78 is 20.2. The summed E-state index contributed by atoms with van der Waals surface area (Å²) in [6.45, 7) is 0.658. The lowest BCUT2D eigenvalue weighted by atomic mass is 9.97. The smallest absolute Gasteiger partial charge is 0.147 e. The van der Waals surface area contributed by atoms with E-state index in [0.29, 0.717) is 12.1 Å². The molecule has 1 aromatic heterocycles. The first kappa shape index (κ1) is 17.6. The topological polar surface area (TPSA) is 51.0 Å². The third-order valence-corrected chi connectivity index (χ3v) is 5.12. The number of methoxy groups -OCH3 is 1. The molecule has 0 aliphatic rings. The number of hydrogen-bond donors (Lipinski definition) is 2. The van der Waals surface area contributed by atoms with Crippen LogP contribution in [0.15, 0.2) is 54.6 Å². The van der Waals surface area contributed by atoms with Crippen molar-refractivity contribution in [2.24, 2.45) is 5.73 Å². The highest BCUT2D eigenvalue weighted by molar-refractivity contribution is 5.98. The van der Waals surface area contributed by atoms with Crippen molar-refractivity contribution in [1.29, 1.82) is 0 Å². The van der Waals surface area contributed by atoms with Crippen LogP contribution in [-0.4, -0.2) is 18.6 Å². The second-order valence-corrected chi connectivity index (χ2v) is 6.75. The predicted octanol–water partition coefficient (Wildman–Crippen LogP) is 5.42. The van der Waals surface area contributed by atoms with Gasteiger partial charge in [0.2, 0.25) is 0 Å². The first-order chi connectivity index (χ1) is 13.2. The van der Waals surface area contributed by atoms with Crippen LogP contribution in [0.25, 0.3) is 32.9 Å². The van der Waals surface area contributed by atoms with Crippen LogP contribution in [-0.2, 0) is 6.42 Å². The Morgan fingerprint density at radius 1 is 0.963 bits per heavy atom. The number of fused-ring (bicyclic) bond motifs is 2. The molecular weight excluding hydrogens is 339 g/mol. The van der Waals surface area contributed by atoms with Gasteiger partial charge in [-0.2, -0.15) is 0 Å². The molecule has 0 aliphatic carbocycles. The van der Waals surface area contributed by atoms with Crippen LogP contribution in [0.3, 0.4) is 0 Å². The van der Waals surface area contributed by atoms with Crippen molar-refractivity contribution in [1.82, 2.24) is 4.98 Å². The maximum Gasteiger partial charge on any atom is 0.147 e. The number of rotatable bonds is 6. The fraction of sp³-hybridized carbons (Fsp3) is 0.217. The van der Waals surface area contributed by atoms with Crippen LogP contribution in [0.2, 0.25) is 0 Å². The Bertz CT molecular complexity index is 1100. The number of para-hydroxylation sites is 1. The highest BCUT2D eigenvalue weighted by Gasteiger charge is 2.19. The zero-order valence-electron chi connectivity index (χ0n) is 15.4. The molecule has 0 amide bonds. The molecule has 1 heterocycles. The first-order valence-corrected chi connectivity index (χ1v) is 9.30. The molecule has 3 nitrogen and oxygen atoms in total. The molecule has 0 atom stereocenters. The Hall–Kier alpha value is -2.85. The fourth-order valence-electron chi connectivity index (χ4n) is 3.83. The molecule has 27 heavy (non-hydrogen) atoms. The van der Waals surface area contributed by atoms with Crippen molar-refractivity contribution in [3.63, 3.8) is 0 Å². The molecule has 0 saturated carbocycles. The van der Waals surface area contributed by atoms with Gasteiger partial charge < -0.3 is 15.5 Å². The molecule has 4 rings (SSSR count). The first-order valence-electron chi connectivity index (χ1n) is 9.30. The number of halogens is 1. The molecule has 4 heteroatoms. The highest BCUT2D eigenvalue weighted by Crippen LogP contribution is 2.40. The average molecular weight is 362 g/mol. The van der Waals surface area contributed by atoms with E-state index in [1.807, 2.05) is 18.2 Å². The van der Waals surface area contributed by atoms with Gasteiger partial charge in [-0.05, 0) is 48.9 Å². The minimum Gasteiger partial charge on any atom is -0.495 e. The summed E-state index contributed by atoms with van der Waals surface area (Å²) in [5.41, 5.74) is 9.22. The molecule has 0 spiro atoms. The van der Waals surface area contributed by atoms with Gasteiger partial charge in [0.15, 0.2) is 0 Å². The summed E-state index contributed by atoms with van der Waals surface area (Å²) in [6, 6.07) is 17.5. The van der Waals surface area contributed by atoms with Gasteiger partial charge in [-0.15, -0.1) is 0 Å². The van der Waals surface area contributed by atoms with Crippen molar-refractivity contribution in [2.45, 2.75) is 19.3 Å². The maximum atomic E-state index is 14.4. The van der Waals surface area contributed by atoms with E-state index in [0.717, 1.165) is 58.0 Å². The minimum atomic E-state index is -0.237. The summed E-state index contributed by atoms with van der Waals surface area (Å²) in [7, 11) is 1.68. The normalized spacial score (nSPS) is 11.4. The molecule has 138 valence electrons. The number of nitrogens with one attached hydrogen (secondary N) is 1. The zero-order valence-corrected chi connectivity index (χ0v) is 15.4. The van der Waals surface area contributed by atoms with Crippen molar-refractivity contribution in [3.8, 4) is 17.0 Å². The van der Waals surface area contributed by atoms with Crippen LogP contribution in [0.1, 0.15) is 18.4 Å². The molecule has 0 saturated heterocycles. The number of aromatic amines is 1. The second kappa shape index (κ2) is 7.41. The lowest BCUT2D eigenvalue weighted by Gasteiger charge is -2.13. The number of unbranched alkanes of at least 4 members (excludes halogenated alkanes) is 1. The quantitative estimate of drug-likeness (QED) is 0.450. The summed E-state index contributed by atoms with van der Waals surface area (Å²) in [5, 5.41) is 3.09. The molecule has 0 fully saturated rings. The number of ether oxygens (including phenoxy) is 1. The van der Waals surface area contributed by atoms with Crippen molar-refractivity contribution in [3.05, 3.63) is 66.0 Å². The molecule has 3 N–H and O–H groups in total. The third-order valence-electron chi connectivity index (χ3n) is 5.12. The number of H-pyrrole nitrogens is 1. The Labute approximate surface area is 158 Å². The van der Waals surface area contributed by atoms with Gasteiger partial charge in [0.05, 0.1) is 18.3 Å². The monoisotopic (exact) mass is 362 g/mol. The number of aromatic nitrogens is 1. The molecule has 0 bridgehead atoms. The molecule has 4 aromatic rings. The summed E-state index contributed by atoms with van der Waals surface area (Å²) in [5.74, 6) is 0.568. The van der Waals surface area contributed by atoms with Crippen LogP contribution >= 0.6 is 0 Å². The lowest BCUT2D eigenvalue weighted by molar-refractivity contribution is 0.421. The van der Waals surface area contributed by atoms with Gasteiger partial charge in [0.1, 0.15) is 11.6 Å². The lowest BCUT2D eigenvalue weighted by Crippen LogP contribution is -1.99. The third kappa shape index (κ3) is 3.06. The zero-order chi connectivity index (χ0) is 18.8. The summed E-state index contributed by atoms with van der Waals surface area (Å²) in [6.07, 6.45) is 2.74. The Morgan fingerprint density at radius 2 is 1.78 bits per heavy atom. The van der Waals surface area contributed by atoms with E-state index in [4.69, 9.17) is 10.5 Å². The van der Waals surface area contributed by atoms with E-state index >= 15 is 0 Å². The SMILES string of the molecule is COc1c(-c2[nH]c3c(F)cccc3c2CCCCN)ccc2ccccc12. The highest BCUT2D eigenvalue weighted by atomic mass is 19.1. The van der Waals surface area contributed by atoms with Gasteiger partial charge in [-0.1, -0.05) is 42.5 Å². The number of aryl methyl sites for hydroxylation is 1. The molecule has 0 unspecified atom stereocenters. The average Bonchev–Trinajstić information content (AvgIpc) is 3.07.